The minimum absolute atomic E-state index is 0.176. The molecule has 0 atom stereocenters. The van der Waals surface area contributed by atoms with Crippen molar-refractivity contribution in [3.8, 4) is 0 Å². The van der Waals surface area contributed by atoms with Crippen molar-refractivity contribution in [2.24, 2.45) is 5.41 Å². The first-order valence-electron chi connectivity index (χ1n) is 11.4. The SMILES string of the molecule is CC(C)(CCCC1(CCO)CCCCC1)[Si](O)(c1ccccc1)c1ccccc1. The second-order valence-electron chi connectivity index (χ2n) is 9.71. The van der Waals surface area contributed by atoms with Gasteiger partial charge in [0.25, 0.3) is 8.32 Å². The first kappa shape index (κ1) is 22.3. The molecular weight excluding hydrogens is 372 g/mol. The molecule has 0 aromatic heterocycles. The van der Waals surface area contributed by atoms with Crippen molar-refractivity contribution in [2.45, 2.75) is 76.7 Å². The molecule has 0 aliphatic heterocycles. The summed E-state index contributed by atoms with van der Waals surface area (Å²) in [5.74, 6) is 0. The van der Waals surface area contributed by atoms with E-state index in [0.29, 0.717) is 12.0 Å². The van der Waals surface area contributed by atoms with Crippen molar-refractivity contribution in [3.05, 3.63) is 60.7 Å². The fourth-order valence-electron chi connectivity index (χ4n) is 5.56. The third-order valence-electron chi connectivity index (χ3n) is 7.43. The zero-order chi connectivity index (χ0) is 20.8. The fraction of sp³-hybridized carbons (Fsp3) is 0.538. The van der Waals surface area contributed by atoms with Crippen LogP contribution in [0.5, 0.6) is 0 Å². The molecule has 158 valence electrons. The van der Waals surface area contributed by atoms with Gasteiger partial charge in [-0.3, -0.25) is 0 Å². The van der Waals surface area contributed by atoms with Crippen LogP contribution in [0.1, 0.15) is 71.6 Å². The molecule has 0 spiro atoms. The monoisotopic (exact) mass is 410 g/mol. The van der Waals surface area contributed by atoms with Gasteiger partial charge < -0.3 is 9.90 Å². The quantitative estimate of drug-likeness (QED) is 0.570. The molecule has 1 aliphatic carbocycles. The van der Waals surface area contributed by atoms with Gasteiger partial charge in [-0.25, -0.2) is 0 Å². The van der Waals surface area contributed by atoms with E-state index in [-0.39, 0.29) is 5.04 Å². The number of rotatable bonds is 9. The van der Waals surface area contributed by atoms with Crippen LogP contribution in [-0.4, -0.2) is 24.8 Å². The van der Waals surface area contributed by atoms with E-state index in [4.69, 9.17) is 0 Å². The normalized spacial score (nSPS) is 17.2. The van der Waals surface area contributed by atoms with Crippen LogP contribution in [0.2, 0.25) is 5.04 Å². The summed E-state index contributed by atoms with van der Waals surface area (Å²) in [7, 11) is -2.91. The number of hydrogen-bond acceptors (Lipinski definition) is 2. The van der Waals surface area contributed by atoms with Crippen LogP contribution in [-0.2, 0) is 0 Å². The van der Waals surface area contributed by atoms with Crippen molar-refractivity contribution < 1.29 is 9.90 Å². The van der Waals surface area contributed by atoms with Crippen LogP contribution >= 0.6 is 0 Å². The lowest BCUT2D eigenvalue weighted by molar-refractivity contribution is 0.113. The molecule has 2 aromatic rings. The highest BCUT2D eigenvalue weighted by Crippen LogP contribution is 2.46. The van der Waals surface area contributed by atoms with Crippen LogP contribution in [0.4, 0.5) is 0 Å². The van der Waals surface area contributed by atoms with Gasteiger partial charge in [-0.1, -0.05) is 100 Å². The van der Waals surface area contributed by atoms with E-state index in [2.05, 4.69) is 38.1 Å². The summed E-state index contributed by atoms with van der Waals surface area (Å²) < 4.78 is 0. The molecule has 3 rings (SSSR count). The number of hydrogen-bond donors (Lipinski definition) is 2. The van der Waals surface area contributed by atoms with Crippen LogP contribution < -0.4 is 10.4 Å². The molecule has 2 aromatic carbocycles. The average Bonchev–Trinajstić information content (AvgIpc) is 2.75. The molecule has 29 heavy (non-hydrogen) atoms. The van der Waals surface area contributed by atoms with E-state index >= 15 is 0 Å². The van der Waals surface area contributed by atoms with E-state index in [1.165, 1.54) is 38.5 Å². The molecule has 3 heteroatoms. The molecule has 2 nitrogen and oxygen atoms in total. The third kappa shape index (κ3) is 4.84. The molecule has 1 fully saturated rings. The number of benzene rings is 2. The van der Waals surface area contributed by atoms with Crippen LogP contribution in [0, 0.1) is 5.41 Å². The lowest BCUT2D eigenvalue weighted by Crippen LogP contribution is -2.65. The highest BCUT2D eigenvalue weighted by atomic mass is 28.4. The smallest absolute Gasteiger partial charge is 0.258 e. The van der Waals surface area contributed by atoms with Gasteiger partial charge in [-0.15, -0.1) is 0 Å². The Morgan fingerprint density at radius 1 is 0.828 bits per heavy atom. The van der Waals surface area contributed by atoms with Crippen LogP contribution in [0.15, 0.2) is 60.7 Å². The summed E-state index contributed by atoms with van der Waals surface area (Å²) in [4.78, 5) is 12.3. The molecule has 0 amide bonds. The summed E-state index contributed by atoms with van der Waals surface area (Å²) in [5, 5.41) is 11.7. The predicted molar refractivity (Wildman–Crippen MR) is 125 cm³/mol. The number of aliphatic hydroxyl groups is 1. The van der Waals surface area contributed by atoms with Crippen LogP contribution in [0.3, 0.4) is 0 Å². The molecule has 0 saturated heterocycles. The number of aliphatic hydroxyl groups excluding tert-OH is 1. The predicted octanol–water partition coefficient (Wildman–Crippen LogP) is 5.02. The first-order valence-corrected chi connectivity index (χ1v) is 13.3. The van der Waals surface area contributed by atoms with Gasteiger partial charge in [0.2, 0.25) is 0 Å². The van der Waals surface area contributed by atoms with Gasteiger partial charge in [0.15, 0.2) is 0 Å². The second-order valence-corrected chi connectivity index (χ2v) is 13.6. The fourth-order valence-corrected chi connectivity index (χ4v) is 9.34. The highest BCUT2D eigenvalue weighted by molar-refractivity contribution is 6.98. The van der Waals surface area contributed by atoms with E-state index in [1.807, 2.05) is 36.4 Å². The molecular formula is C26H38O2Si. The third-order valence-corrected chi connectivity index (χ3v) is 12.0. The molecule has 0 radical (unpaired) electrons. The Labute approximate surface area is 178 Å². The van der Waals surface area contributed by atoms with E-state index in [0.717, 1.165) is 29.6 Å². The topological polar surface area (TPSA) is 40.5 Å². The largest absolute Gasteiger partial charge is 0.424 e. The van der Waals surface area contributed by atoms with Crippen molar-refractivity contribution in [1.82, 2.24) is 0 Å². The Bertz CT molecular complexity index is 691. The Hall–Kier alpha value is -1.42. The molecule has 1 aliphatic rings. The maximum atomic E-state index is 12.3. The summed E-state index contributed by atoms with van der Waals surface area (Å²) >= 11 is 0. The van der Waals surface area contributed by atoms with Gasteiger partial charge in [0.1, 0.15) is 0 Å². The van der Waals surface area contributed by atoms with Crippen molar-refractivity contribution in [3.63, 3.8) is 0 Å². The van der Waals surface area contributed by atoms with E-state index in [1.54, 1.807) is 0 Å². The van der Waals surface area contributed by atoms with Gasteiger partial charge in [-0.2, -0.15) is 0 Å². The van der Waals surface area contributed by atoms with Crippen molar-refractivity contribution in [2.75, 3.05) is 6.61 Å². The van der Waals surface area contributed by atoms with Gasteiger partial charge >= 0.3 is 0 Å². The van der Waals surface area contributed by atoms with Crippen LogP contribution in [0.25, 0.3) is 0 Å². The molecule has 0 heterocycles. The van der Waals surface area contributed by atoms with E-state index in [9.17, 15) is 9.90 Å². The maximum Gasteiger partial charge on any atom is 0.258 e. The molecule has 0 bridgehead atoms. The Balaban J connectivity index is 1.82. The zero-order valence-corrected chi connectivity index (χ0v) is 19.2. The Morgan fingerprint density at radius 2 is 1.34 bits per heavy atom. The standard InChI is InChI=1S/C26H38O2Si/c1-25(2,17-12-20-26(21-22-27)18-10-5-11-19-26)29(28,23-13-6-3-7-14-23)24-15-8-4-9-16-24/h3-4,6-9,13-16,27-28H,5,10-12,17-22H2,1-2H3. The second kappa shape index (κ2) is 9.59. The zero-order valence-electron chi connectivity index (χ0n) is 18.2. The first-order chi connectivity index (χ1) is 13.9. The average molecular weight is 411 g/mol. The van der Waals surface area contributed by atoms with Gasteiger partial charge in [0.05, 0.1) is 0 Å². The van der Waals surface area contributed by atoms with E-state index < -0.39 is 8.32 Å². The lowest BCUT2D eigenvalue weighted by atomic mass is 9.69. The van der Waals surface area contributed by atoms with Crippen molar-refractivity contribution in [1.29, 1.82) is 0 Å². The minimum atomic E-state index is -2.91. The molecule has 1 saturated carbocycles. The van der Waals surface area contributed by atoms with Crippen molar-refractivity contribution >= 4 is 18.7 Å². The Morgan fingerprint density at radius 3 is 1.83 bits per heavy atom. The summed E-state index contributed by atoms with van der Waals surface area (Å²) in [6.07, 6.45) is 10.7. The summed E-state index contributed by atoms with van der Waals surface area (Å²) in [5.41, 5.74) is 0.322. The maximum absolute atomic E-state index is 12.3. The Kier molecular flexibility index (Phi) is 7.36. The summed E-state index contributed by atoms with van der Waals surface area (Å²) in [6, 6.07) is 20.7. The van der Waals surface area contributed by atoms with Gasteiger partial charge in [-0.05, 0) is 52.9 Å². The minimum Gasteiger partial charge on any atom is -0.424 e. The molecule has 2 N–H and O–H groups in total. The molecule has 0 unspecified atom stereocenters. The van der Waals surface area contributed by atoms with Gasteiger partial charge in [0, 0.05) is 6.61 Å². The highest BCUT2D eigenvalue weighted by Gasteiger charge is 2.49. The summed E-state index contributed by atoms with van der Waals surface area (Å²) in [6.45, 7) is 4.83. The lowest BCUT2D eigenvalue weighted by Gasteiger charge is -2.43.